The average Bonchev–Trinajstić information content (AvgIpc) is 3.80. The smallest absolute Gasteiger partial charge is 0.306 e. The largest absolute Gasteiger partial charge is 0.505 e. The molecule has 0 amide bonds. The molecule has 3 aromatic carbocycles. The second-order valence-electron chi connectivity index (χ2n) is 12.2. The lowest BCUT2D eigenvalue weighted by molar-refractivity contribution is -0.143. The van der Waals surface area contributed by atoms with Gasteiger partial charge in [-0.3, -0.25) is 4.79 Å². The second-order valence-corrected chi connectivity index (χ2v) is 12.2. The highest BCUT2D eigenvalue weighted by molar-refractivity contribution is 5.74. The number of fused-ring (bicyclic) bond motifs is 1. The van der Waals surface area contributed by atoms with Crippen LogP contribution in [0.4, 0.5) is 0 Å². The molecule has 0 radical (unpaired) electrons. The van der Waals surface area contributed by atoms with E-state index in [0.717, 1.165) is 45.3 Å². The van der Waals surface area contributed by atoms with Gasteiger partial charge in [0.25, 0.3) is 0 Å². The molecule has 0 spiro atoms. The molecular formula is C34H39N3O7. The van der Waals surface area contributed by atoms with Gasteiger partial charge in [-0.2, -0.15) is 0 Å². The van der Waals surface area contributed by atoms with Gasteiger partial charge in [0.2, 0.25) is 0 Å². The Hall–Kier alpha value is -3.83. The van der Waals surface area contributed by atoms with Crippen LogP contribution in [0.5, 0.6) is 5.75 Å². The summed E-state index contributed by atoms with van der Waals surface area (Å²) in [5.74, 6) is -0.131. The topological polar surface area (TPSA) is 114 Å². The fourth-order valence-electron chi connectivity index (χ4n) is 5.57. The van der Waals surface area contributed by atoms with Gasteiger partial charge in [0, 0.05) is 23.1 Å². The van der Waals surface area contributed by atoms with Crippen LogP contribution in [-0.4, -0.2) is 59.1 Å². The monoisotopic (exact) mass is 601 g/mol. The minimum Gasteiger partial charge on any atom is -0.505 e. The van der Waals surface area contributed by atoms with Gasteiger partial charge in [0.15, 0.2) is 12.6 Å². The first-order chi connectivity index (χ1) is 21.3. The zero-order valence-corrected chi connectivity index (χ0v) is 25.5. The molecule has 2 aliphatic heterocycles. The number of hydrogen-bond acceptors (Lipinski definition) is 9. The second kappa shape index (κ2) is 13.0. The summed E-state index contributed by atoms with van der Waals surface area (Å²) in [5.41, 5.74) is 6.26. The first kappa shape index (κ1) is 30.2. The maximum absolute atomic E-state index is 12.7. The molecule has 6 rings (SSSR count). The van der Waals surface area contributed by atoms with Gasteiger partial charge in [0.1, 0.15) is 22.5 Å². The van der Waals surface area contributed by atoms with E-state index in [-0.39, 0.29) is 23.6 Å². The Labute approximate surface area is 256 Å². The lowest BCUT2D eigenvalue weighted by Crippen LogP contribution is -2.14. The van der Waals surface area contributed by atoms with E-state index in [9.17, 15) is 9.90 Å². The predicted molar refractivity (Wildman–Crippen MR) is 163 cm³/mol. The quantitative estimate of drug-likeness (QED) is 0.183. The molecule has 0 bridgehead atoms. The number of rotatable bonds is 10. The third-order valence-electron chi connectivity index (χ3n) is 7.85. The lowest BCUT2D eigenvalue weighted by Gasteiger charge is -2.23. The van der Waals surface area contributed by atoms with Crippen LogP contribution < -0.4 is 0 Å². The SMILES string of the molecule is CC(C)(C)c1cc(CCC(=O)OCCCc2ccc(C3OCCO3)c(C3OCCO3)c2)cc(-n2nc3ccccc3n2)c1O. The average molecular weight is 602 g/mol. The number of phenolic OH excluding ortho intramolecular Hbond substituents is 1. The van der Waals surface area contributed by atoms with Gasteiger partial charge >= 0.3 is 5.97 Å². The van der Waals surface area contributed by atoms with Crippen molar-refractivity contribution in [3.8, 4) is 11.4 Å². The van der Waals surface area contributed by atoms with Crippen LogP contribution in [0.25, 0.3) is 16.7 Å². The summed E-state index contributed by atoms with van der Waals surface area (Å²) in [6.07, 6.45) is 1.27. The van der Waals surface area contributed by atoms with Crippen LogP contribution in [0.2, 0.25) is 0 Å². The van der Waals surface area contributed by atoms with Crippen molar-refractivity contribution < 1.29 is 33.6 Å². The summed E-state index contributed by atoms with van der Waals surface area (Å²) in [5, 5.41) is 20.3. The minimum absolute atomic E-state index is 0.134. The minimum atomic E-state index is -0.432. The first-order valence-electron chi connectivity index (χ1n) is 15.2. The maximum Gasteiger partial charge on any atom is 0.306 e. The fourth-order valence-corrected chi connectivity index (χ4v) is 5.57. The standard InChI is InChI=1S/C34H39N3O7/c1-34(2,3)26-20-23(21-29(31(26)39)37-35-27-8-4-5-9-28(27)36-37)11-13-30(38)40-14-6-7-22-10-12-24(32-41-15-16-42-32)25(19-22)33-43-17-18-44-33/h4-5,8-10,12,19-21,32-33,39H,6-7,11,13-18H2,1-3H3. The molecule has 3 heterocycles. The molecule has 2 saturated heterocycles. The summed E-state index contributed by atoms with van der Waals surface area (Å²) in [7, 11) is 0. The van der Waals surface area contributed by atoms with Crippen LogP contribution in [0.15, 0.2) is 54.6 Å². The zero-order chi connectivity index (χ0) is 30.7. The summed E-state index contributed by atoms with van der Waals surface area (Å²) in [4.78, 5) is 14.2. The van der Waals surface area contributed by atoms with E-state index in [1.54, 1.807) is 0 Å². The van der Waals surface area contributed by atoms with Gasteiger partial charge < -0.3 is 28.8 Å². The van der Waals surface area contributed by atoms with E-state index in [1.165, 1.54) is 4.80 Å². The van der Waals surface area contributed by atoms with Crippen molar-refractivity contribution in [2.24, 2.45) is 0 Å². The zero-order valence-electron chi connectivity index (χ0n) is 25.5. The Balaban J connectivity index is 1.07. The fraction of sp³-hybridized carbons (Fsp3) is 0.441. The van der Waals surface area contributed by atoms with Crippen molar-refractivity contribution in [3.63, 3.8) is 0 Å². The van der Waals surface area contributed by atoms with Crippen LogP contribution in [-0.2, 0) is 46.7 Å². The first-order valence-corrected chi connectivity index (χ1v) is 15.2. The Kier molecular flexibility index (Phi) is 8.95. The predicted octanol–water partition coefficient (Wildman–Crippen LogP) is 5.62. The molecule has 10 heteroatoms. The van der Waals surface area contributed by atoms with Crippen LogP contribution >= 0.6 is 0 Å². The molecule has 0 unspecified atom stereocenters. The van der Waals surface area contributed by atoms with Crippen molar-refractivity contribution >= 4 is 17.0 Å². The Bertz CT molecular complexity index is 1580. The van der Waals surface area contributed by atoms with Gasteiger partial charge in [-0.05, 0) is 54.0 Å². The van der Waals surface area contributed by atoms with Crippen molar-refractivity contribution in [3.05, 3.63) is 82.4 Å². The molecule has 1 N–H and O–H groups in total. The third-order valence-corrected chi connectivity index (χ3v) is 7.85. The highest BCUT2D eigenvalue weighted by Gasteiger charge is 2.28. The number of ether oxygens (including phenoxy) is 5. The van der Waals surface area contributed by atoms with Crippen LogP contribution in [0, 0.1) is 0 Å². The number of nitrogens with zero attached hydrogens (tertiary/aromatic N) is 3. The molecule has 4 aromatic rings. The van der Waals surface area contributed by atoms with Crippen molar-refractivity contribution in [1.82, 2.24) is 15.0 Å². The molecular weight excluding hydrogens is 562 g/mol. The molecule has 0 aliphatic carbocycles. The highest BCUT2D eigenvalue weighted by atomic mass is 16.7. The van der Waals surface area contributed by atoms with E-state index in [2.05, 4.69) is 16.3 Å². The van der Waals surface area contributed by atoms with Crippen LogP contribution in [0.3, 0.4) is 0 Å². The van der Waals surface area contributed by atoms with Crippen molar-refractivity contribution in [1.29, 1.82) is 0 Å². The molecule has 232 valence electrons. The number of carbonyl (C=O) groups excluding carboxylic acids is 1. The van der Waals surface area contributed by atoms with E-state index >= 15 is 0 Å². The number of aromatic hydroxyl groups is 1. The number of hydrogen-bond donors (Lipinski definition) is 1. The molecule has 10 nitrogen and oxygen atoms in total. The van der Waals surface area contributed by atoms with Crippen molar-refractivity contribution in [2.75, 3.05) is 33.0 Å². The number of phenols is 1. The van der Waals surface area contributed by atoms with Gasteiger partial charge in [-0.15, -0.1) is 15.0 Å². The molecule has 1 aromatic heterocycles. The van der Waals surface area contributed by atoms with E-state index in [4.69, 9.17) is 23.7 Å². The number of aryl methyl sites for hydroxylation is 2. The number of esters is 1. The molecule has 0 saturated carbocycles. The summed E-state index contributed by atoms with van der Waals surface area (Å²) < 4.78 is 28.6. The van der Waals surface area contributed by atoms with Gasteiger partial charge in [-0.25, -0.2) is 0 Å². The normalized spacial score (nSPS) is 16.2. The number of aromatic nitrogens is 3. The molecule has 2 aliphatic rings. The van der Waals surface area contributed by atoms with Gasteiger partial charge in [-0.1, -0.05) is 57.2 Å². The third kappa shape index (κ3) is 6.78. The highest BCUT2D eigenvalue weighted by Crippen LogP contribution is 2.37. The Morgan fingerprint density at radius 2 is 1.50 bits per heavy atom. The molecule has 44 heavy (non-hydrogen) atoms. The maximum atomic E-state index is 12.7. The number of carbonyl (C=O) groups is 1. The molecule has 0 atom stereocenters. The number of benzene rings is 3. The van der Waals surface area contributed by atoms with E-state index < -0.39 is 12.6 Å². The lowest BCUT2D eigenvalue weighted by atomic mass is 9.84. The summed E-state index contributed by atoms with van der Waals surface area (Å²) >= 11 is 0. The van der Waals surface area contributed by atoms with Crippen molar-refractivity contribution in [2.45, 2.75) is 64.4 Å². The molecule has 2 fully saturated rings. The Morgan fingerprint density at radius 1 is 0.864 bits per heavy atom. The van der Waals surface area contributed by atoms with Gasteiger partial charge in [0.05, 0.1) is 33.0 Å². The Morgan fingerprint density at radius 3 is 2.14 bits per heavy atom. The summed E-state index contributed by atoms with van der Waals surface area (Å²) in [6.45, 7) is 8.67. The van der Waals surface area contributed by atoms with Crippen LogP contribution in [0.1, 0.15) is 74.0 Å². The van der Waals surface area contributed by atoms with E-state index in [0.29, 0.717) is 51.6 Å². The van der Waals surface area contributed by atoms with E-state index in [1.807, 2.05) is 69.3 Å². The summed E-state index contributed by atoms with van der Waals surface area (Å²) in [6, 6.07) is 17.5.